The van der Waals surface area contributed by atoms with Crippen molar-refractivity contribution >= 4 is 17.9 Å². The molecule has 0 saturated heterocycles. The molecule has 0 spiro atoms. The molecule has 3 N–H and O–H groups in total. The molecule has 3 unspecified atom stereocenters. The van der Waals surface area contributed by atoms with E-state index in [2.05, 4.69) is 19.1 Å². The number of carbonyl (C=O) groups is 3. The Morgan fingerprint density at radius 3 is 1.23 bits per heavy atom. The third kappa shape index (κ3) is 12.6. The van der Waals surface area contributed by atoms with Gasteiger partial charge in [-0.3, -0.25) is 4.48 Å². The monoisotopic (exact) mass is 498 g/mol. The lowest BCUT2D eigenvalue weighted by Gasteiger charge is -2.47. The van der Waals surface area contributed by atoms with Crippen LogP contribution in [0.15, 0.2) is 12.2 Å². The van der Waals surface area contributed by atoms with Crippen LogP contribution in [-0.2, 0) is 14.4 Å². The summed E-state index contributed by atoms with van der Waals surface area (Å²) in [5, 5.41) is 28.9. The van der Waals surface area contributed by atoms with Gasteiger partial charge in [-0.2, -0.15) is 0 Å². The van der Waals surface area contributed by atoms with Crippen molar-refractivity contribution in [2.75, 3.05) is 6.54 Å². The first-order valence-corrected chi connectivity index (χ1v) is 13.8. The Kier molecular flexibility index (Phi) is 18.3. The molecule has 0 aliphatic carbocycles. The van der Waals surface area contributed by atoms with Gasteiger partial charge in [-0.25, -0.2) is 14.4 Å². The number of quaternary nitrogens is 1. The summed E-state index contributed by atoms with van der Waals surface area (Å²) >= 11 is 0. The maximum Gasteiger partial charge on any atom is 0.362 e. The Labute approximate surface area is 213 Å². The normalized spacial score (nSPS) is 16.0. The van der Waals surface area contributed by atoms with E-state index in [0.717, 1.165) is 19.3 Å². The van der Waals surface area contributed by atoms with Crippen LogP contribution in [0.3, 0.4) is 0 Å². The fraction of sp³-hybridized carbons (Fsp3) is 0.821. The first-order valence-electron chi connectivity index (χ1n) is 13.8. The summed E-state index contributed by atoms with van der Waals surface area (Å²) in [5.74, 6) is -3.51. The van der Waals surface area contributed by atoms with Crippen LogP contribution in [0.5, 0.6) is 0 Å². The lowest BCUT2D eigenvalue weighted by molar-refractivity contribution is -0.968. The van der Waals surface area contributed by atoms with E-state index < -0.39 is 40.5 Å². The number of rotatable bonds is 23. The van der Waals surface area contributed by atoms with Gasteiger partial charge in [-0.05, 0) is 52.9 Å². The van der Waals surface area contributed by atoms with E-state index in [-0.39, 0.29) is 6.54 Å². The molecular weight excluding hydrogens is 446 g/mol. The van der Waals surface area contributed by atoms with Gasteiger partial charge in [0, 0.05) is 0 Å². The van der Waals surface area contributed by atoms with Crippen LogP contribution in [-0.4, -0.2) is 62.4 Å². The number of nitrogens with zero attached hydrogens (tertiary/aromatic N) is 1. The van der Waals surface area contributed by atoms with Crippen LogP contribution >= 0.6 is 0 Å². The zero-order chi connectivity index (χ0) is 26.7. The number of aliphatic carboxylic acids is 3. The highest BCUT2D eigenvalue weighted by Crippen LogP contribution is 2.27. The second-order valence-corrected chi connectivity index (χ2v) is 10.1. The molecule has 0 fully saturated rings. The Morgan fingerprint density at radius 2 is 0.886 bits per heavy atom. The zero-order valence-electron chi connectivity index (χ0n) is 22.7. The van der Waals surface area contributed by atoms with Gasteiger partial charge >= 0.3 is 17.9 Å². The van der Waals surface area contributed by atoms with Gasteiger partial charge in [0.15, 0.2) is 18.1 Å². The second-order valence-electron chi connectivity index (χ2n) is 10.1. The van der Waals surface area contributed by atoms with E-state index in [0.29, 0.717) is 6.42 Å². The summed E-state index contributed by atoms with van der Waals surface area (Å²) in [7, 11) is 0. The minimum absolute atomic E-state index is 0.224. The Hall–Kier alpha value is -1.89. The highest BCUT2D eigenvalue weighted by atomic mass is 16.4. The maximum atomic E-state index is 11.8. The summed E-state index contributed by atoms with van der Waals surface area (Å²) in [5.41, 5.74) is 0. The number of carboxylic acids is 3. The van der Waals surface area contributed by atoms with E-state index in [1.54, 1.807) is 0 Å². The van der Waals surface area contributed by atoms with Gasteiger partial charge < -0.3 is 15.3 Å². The molecule has 0 amide bonds. The second kappa shape index (κ2) is 19.3. The average Bonchev–Trinajstić information content (AvgIpc) is 2.82. The predicted molar refractivity (Wildman–Crippen MR) is 140 cm³/mol. The van der Waals surface area contributed by atoms with Crippen molar-refractivity contribution in [2.24, 2.45) is 0 Å². The van der Waals surface area contributed by atoms with Gasteiger partial charge in [-0.15, -0.1) is 0 Å². The Morgan fingerprint density at radius 1 is 0.571 bits per heavy atom. The van der Waals surface area contributed by atoms with Crippen LogP contribution in [0.4, 0.5) is 0 Å². The van der Waals surface area contributed by atoms with Gasteiger partial charge in [-0.1, -0.05) is 83.3 Å². The minimum atomic E-state index is -1.17. The van der Waals surface area contributed by atoms with E-state index in [1.165, 1.54) is 91.4 Å². The summed E-state index contributed by atoms with van der Waals surface area (Å²) in [6, 6.07) is -3.36. The summed E-state index contributed by atoms with van der Waals surface area (Å²) in [6.45, 7) is 6.71. The van der Waals surface area contributed by atoms with Gasteiger partial charge in [0.1, 0.15) is 0 Å². The molecule has 3 atom stereocenters. The third-order valence-corrected chi connectivity index (χ3v) is 7.54. The fourth-order valence-corrected chi connectivity index (χ4v) is 5.00. The summed E-state index contributed by atoms with van der Waals surface area (Å²) in [6.07, 6.45) is 22.0. The molecular formula is C28H52NO6+. The van der Waals surface area contributed by atoms with Gasteiger partial charge in [0.25, 0.3) is 0 Å². The zero-order valence-corrected chi connectivity index (χ0v) is 22.7. The van der Waals surface area contributed by atoms with Crippen molar-refractivity contribution < 1.29 is 34.2 Å². The Balaban J connectivity index is 4.26. The fourth-order valence-electron chi connectivity index (χ4n) is 5.00. The molecule has 35 heavy (non-hydrogen) atoms. The van der Waals surface area contributed by atoms with E-state index in [1.807, 2.05) is 0 Å². The van der Waals surface area contributed by atoms with E-state index >= 15 is 0 Å². The standard InChI is InChI=1S/C28H51NO6/c1-5-6-7-8-9-10-11-12-13-14-15-16-17-18-19-20-21-22-29(23(2)26(30)31,24(3)27(32)33)25(4)28(34)35/h8-9,23-25H,5-7,10-22H2,1-4H3,(H2-,30,31,32,33,34,35)/p+1/b9-8+. The Bertz CT molecular complexity index is 583. The molecule has 0 aromatic heterocycles. The van der Waals surface area contributed by atoms with Crippen LogP contribution in [0, 0.1) is 0 Å². The quantitative estimate of drug-likeness (QED) is 0.0826. The maximum absolute atomic E-state index is 11.8. The van der Waals surface area contributed by atoms with Crippen molar-refractivity contribution in [3.63, 3.8) is 0 Å². The summed E-state index contributed by atoms with van der Waals surface area (Å²) < 4.78 is -0.478. The molecule has 204 valence electrons. The predicted octanol–water partition coefficient (Wildman–Crippen LogP) is 6.65. The topological polar surface area (TPSA) is 112 Å². The first kappa shape index (κ1) is 33.1. The molecule has 0 aliphatic rings. The van der Waals surface area contributed by atoms with Gasteiger partial charge in [0.05, 0.1) is 6.54 Å². The third-order valence-electron chi connectivity index (χ3n) is 7.54. The van der Waals surface area contributed by atoms with Crippen LogP contribution in [0.1, 0.15) is 124 Å². The molecule has 0 heterocycles. The number of carboxylic acid groups (broad SMARTS) is 3. The van der Waals surface area contributed by atoms with Crippen LogP contribution in [0.25, 0.3) is 0 Å². The van der Waals surface area contributed by atoms with E-state index in [9.17, 15) is 29.7 Å². The highest BCUT2D eigenvalue weighted by molar-refractivity contribution is 5.77. The van der Waals surface area contributed by atoms with Crippen molar-refractivity contribution in [3.8, 4) is 0 Å². The highest BCUT2D eigenvalue weighted by Gasteiger charge is 2.52. The number of hydrogen-bond donors (Lipinski definition) is 3. The molecule has 0 aliphatic heterocycles. The largest absolute Gasteiger partial charge is 0.477 e. The number of unbranched alkanes of at least 4 members (excludes halogenated alkanes) is 13. The molecule has 0 saturated carbocycles. The molecule has 7 nitrogen and oxygen atoms in total. The van der Waals surface area contributed by atoms with Crippen LogP contribution < -0.4 is 0 Å². The molecule has 0 bridgehead atoms. The number of allylic oxidation sites excluding steroid dienone is 2. The van der Waals surface area contributed by atoms with Crippen LogP contribution in [0.2, 0.25) is 0 Å². The summed E-state index contributed by atoms with van der Waals surface area (Å²) in [4.78, 5) is 35.3. The SMILES string of the molecule is CCCC/C=C/CCCCCCCCCCCCC[N+](C(C)C(=O)O)(C(C)C(=O)O)C(C)C(=O)O. The first-order chi connectivity index (χ1) is 16.6. The van der Waals surface area contributed by atoms with Gasteiger partial charge in [0.2, 0.25) is 0 Å². The van der Waals surface area contributed by atoms with Crippen molar-refractivity contribution in [3.05, 3.63) is 12.2 Å². The van der Waals surface area contributed by atoms with Crippen molar-refractivity contribution in [1.29, 1.82) is 0 Å². The van der Waals surface area contributed by atoms with E-state index in [4.69, 9.17) is 0 Å². The lowest BCUT2D eigenvalue weighted by Crippen LogP contribution is -2.70. The number of hydrogen-bond acceptors (Lipinski definition) is 3. The molecule has 7 heteroatoms. The smallest absolute Gasteiger partial charge is 0.362 e. The molecule has 0 rings (SSSR count). The molecule has 0 aromatic carbocycles. The lowest BCUT2D eigenvalue weighted by atomic mass is 10.00. The average molecular weight is 499 g/mol. The minimum Gasteiger partial charge on any atom is -0.477 e. The molecule has 0 aromatic rings. The van der Waals surface area contributed by atoms with Crippen molar-refractivity contribution in [1.82, 2.24) is 0 Å². The molecule has 0 radical (unpaired) electrons. The van der Waals surface area contributed by atoms with Crippen molar-refractivity contribution in [2.45, 2.75) is 142 Å².